The SMILES string of the molecule is O=C(/C=C/c1ccc(Cl)cc1)N1CCN(c2ccc([N+](=O)[O-])c(NCCc3ccccc3)c2)CC1. The summed E-state index contributed by atoms with van der Waals surface area (Å²) in [6, 6.07) is 22.5. The molecule has 1 saturated heterocycles. The molecule has 0 atom stereocenters. The summed E-state index contributed by atoms with van der Waals surface area (Å²) >= 11 is 5.90. The molecule has 1 aliphatic rings. The molecule has 7 nitrogen and oxygen atoms in total. The molecule has 1 heterocycles. The number of halogens is 1. The second kappa shape index (κ2) is 11.5. The largest absolute Gasteiger partial charge is 0.379 e. The highest BCUT2D eigenvalue weighted by Gasteiger charge is 2.22. The molecule has 1 aliphatic heterocycles. The van der Waals surface area contributed by atoms with E-state index >= 15 is 0 Å². The lowest BCUT2D eigenvalue weighted by atomic mass is 10.1. The number of rotatable bonds is 8. The standard InChI is InChI=1S/C27H27ClN4O3/c28-23-9-6-22(7-10-23)8-13-27(33)31-18-16-30(17-19-31)24-11-12-26(32(34)35)25(20-24)29-15-14-21-4-2-1-3-5-21/h1-13,20,29H,14-19H2/b13-8+. The first kappa shape index (κ1) is 24.3. The van der Waals surface area contributed by atoms with Gasteiger partial charge in [-0.3, -0.25) is 14.9 Å². The van der Waals surface area contributed by atoms with E-state index in [4.69, 9.17) is 11.6 Å². The normalized spacial score (nSPS) is 13.7. The fourth-order valence-electron chi connectivity index (χ4n) is 4.04. The Kier molecular flexibility index (Phi) is 8.00. The van der Waals surface area contributed by atoms with E-state index in [1.807, 2.05) is 53.4 Å². The molecule has 35 heavy (non-hydrogen) atoms. The number of piperazine rings is 1. The number of carbonyl (C=O) groups excluding carboxylic acids is 1. The van der Waals surface area contributed by atoms with Crippen LogP contribution in [0.5, 0.6) is 0 Å². The van der Waals surface area contributed by atoms with Gasteiger partial charge in [0.25, 0.3) is 5.69 Å². The summed E-state index contributed by atoms with van der Waals surface area (Å²) in [5, 5.41) is 15.4. The number of nitro benzene ring substituents is 1. The molecule has 3 aromatic rings. The zero-order valence-electron chi connectivity index (χ0n) is 19.3. The van der Waals surface area contributed by atoms with Crippen molar-refractivity contribution >= 4 is 40.6 Å². The van der Waals surface area contributed by atoms with E-state index in [0.717, 1.165) is 17.7 Å². The van der Waals surface area contributed by atoms with Crippen LogP contribution < -0.4 is 10.2 Å². The number of carbonyl (C=O) groups is 1. The van der Waals surface area contributed by atoms with Crippen LogP contribution in [-0.2, 0) is 11.2 Å². The first-order valence-electron chi connectivity index (χ1n) is 11.5. The third-order valence-electron chi connectivity index (χ3n) is 5.99. The Hall–Kier alpha value is -3.84. The van der Waals surface area contributed by atoms with Crippen molar-refractivity contribution in [2.45, 2.75) is 6.42 Å². The minimum absolute atomic E-state index is 0.0356. The van der Waals surface area contributed by atoms with E-state index in [0.29, 0.717) is 43.4 Å². The molecule has 3 aromatic carbocycles. The highest BCUT2D eigenvalue weighted by Crippen LogP contribution is 2.30. The highest BCUT2D eigenvalue weighted by atomic mass is 35.5. The number of nitro groups is 1. The molecule has 0 spiro atoms. The van der Waals surface area contributed by atoms with Crippen LogP contribution in [0, 0.1) is 10.1 Å². The number of amides is 1. The predicted molar refractivity (Wildman–Crippen MR) is 141 cm³/mol. The van der Waals surface area contributed by atoms with E-state index in [1.165, 1.54) is 5.56 Å². The Morgan fingerprint density at radius 2 is 1.71 bits per heavy atom. The summed E-state index contributed by atoms with van der Waals surface area (Å²) < 4.78 is 0. The summed E-state index contributed by atoms with van der Waals surface area (Å²) in [4.78, 5) is 27.7. The van der Waals surface area contributed by atoms with Crippen LogP contribution in [0.3, 0.4) is 0 Å². The topological polar surface area (TPSA) is 78.7 Å². The Balaban J connectivity index is 1.35. The maximum Gasteiger partial charge on any atom is 0.292 e. The van der Waals surface area contributed by atoms with Crippen molar-refractivity contribution in [1.82, 2.24) is 4.90 Å². The summed E-state index contributed by atoms with van der Waals surface area (Å²) in [6.45, 7) is 3.06. The molecule has 180 valence electrons. The molecular weight excluding hydrogens is 464 g/mol. The van der Waals surface area contributed by atoms with Gasteiger partial charge < -0.3 is 15.1 Å². The lowest BCUT2D eigenvalue weighted by molar-refractivity contribution is -0.383. The average molecular weight is 491 g/mol. The number of hydrogen-bond donors (Lipinski definition) is 1. The van der Waals surface area contributed by atoms with Crippen molar-refractivity contribution in [3.8, 4) is 0 Å². The molecule has 0 aliphatic carbocycles. The number of benzene rings is 3. The van der Waals surface area contributed by atoms with Gasteiger partial charge in [-0.25, -0.2) is 0 Å². The predicted octanol–water partition coefficient (Wildman–Crippen LogP) is 5.26. The van der Waals surface area contributed by atoms with Crippen molar-refractivity contribution in [2.75, 3.05) is 42.9 Å². The monoisotopic (exact) mass is 490 g/mol. The molecule has 8 heteroatoms. The Morgan fingerprint density at radius 3 is 2.40 bits per heavy atom. The van der Waals surface area contributed by atoms with Gasteiger partial charge in [-0.2, -0.15) is 0 Å². The number of nitrogens with zero attached hydrogens (tertiary/aromatic N) is 3. The van der Waals surface area contributed by atoms with Crippen molar-refractivity contribution in [1.29, 1.82) is 0 Å². The van der Waals surface area contributed by atoms with Crippen molar-refractivity contribution in [3.63, 3.8) is 0 Å². The summed E-state index contributed by atoms with van der Waals surface area (Å²) in [5.74, 6) is -0.0356. The van der Waals surface area contributed by atoms with Crippen molar-refractivity contribution < 1.29 is 9.72 Å². The zero-order chi connectivity index (χ0) is 24.6. The first-order valence-corrected chi connectivity index (χ1v) is 11.9. The van der Waals surface area contributed by atoms with E-state index in [2.05, 4.69) is 10.2 Å². The summed E-state index contributed by atoms with van der Waals surface area (Å²) in [7, 11) is 0. The number of anilines is 2. The van der Waals surface area contributed by atoms with Gasteiger partial charge in [0.2, 0.25) is 5.91 Å². The Bertz CT molecular complexity index is 1190. The third kappa shape index (κ3) is 6.61. The molecule has 1 amide bonds. The second-order valence-electron chi connectivity index (χ2n) is 8.32. The summed E-state index contributed by atoms with van der Waals surface area (Å²) in [5.41, 5.74) is 3.56. The molecule has 0 bridgehead atoms. The van der Waals surface area contributed by atoms with Crippen LogP contribution in [0.4, 0.5) is 17.1 Å². The Morgan fingerprint density at radius 1 is 1.00 bits per heavy atom. The first-order chi connectivity index (χ1) is 17.0. The quantitative estimate of drug-likeness (QED) is 0.264. The number of nitrogens with one attached hydrogen (secondary N) is 1. The Labute approximate surface area is 209 Å². The molecule has 0 saturated carbocycles. The van der Waals surface area contributed by atoms with Gasteiger partial charge >= 0.3 is 0 Å². The van der Waals surface area contributed by atoms with Gasteiger partial charge in [-0.1, -0.05) is 54.1 Å². The maximum absolute atomic E-state index is 12.6. The third-order valence-corrected chi connectivity index (χ3v) is 6.25. The minimum Gasteiger partial charge on any atom is -0.379 e. The van der Waals surface area contributed by atoms with Crippen molar-refractivity contribution in [3.05, 3.63) is 105 Å². The fourth-order valence-corrected chi connectivity index (χ4v) is 4.17. The lowest BCUT2D eigenvalue weighted by Crippen LogP contribution is -2.48. The molecule has 1 fully saturated rings. The van der Waals surface area contributed by atoms with E-state index < -0.39 is 0 Å². The van der Waals surface area contributed by atoms with Crippen molar-refractivity contribution in [2.24, 2.45) is 0 Å². The van der Waals surface area contributed by atoms with Gasteiger partial charge in [0, 0.05) is 55.6 Å². The maximum atomic E-state index is 12.6. The van der Waals surface area contributed by atoms with Crippen LogP contribution in [-0.4, -0.2) is 48.5 Å². The minimum atomic E-state index is -0.363. The highest BCUT2D eigenvalue weighted by molar-refractivity contribution is 6.30. The van der Waals surface area contributed by atoms with Crippen LogP contribution in [0.2, 0.25) is 5.02 Å². The molecule has 0 aromatic heterocycles. The van der Waals surface area contributed by atoms with Crippen LogP contribution in [0.15, 0.2) is 78.9 Å². The molecule has 4 rings (SSSR count). The van der Waals surface area contributed by atoms with Gasteiger partial charge in [0.05, 0.1) is 4.92 Å². The van der Waals surface area contributed by atoms with E-state index in [-0.39, 0.29) is 16.5 Å². The molecule has 0 radical (unpaired) electrons. The second-order valence-corrected chi connectivity index (χ2v) is 8.75. The molecule has 1 N–H and O–H groups in total. The fraction of sp³-hybridized carbons (Fsp3) is 0.222. The van der Waals surface area contributed by atoms with Crippen LogP contribution in [0.1, 0.15) is 11.1 Å². The zero-order valence-corrected chi connectivity index (χ0v) is 20.0. The molecular formula is C27H27ClN4O3. The average Bonchev–Trinajstić information content (AvgIpc) is 2.89. The lowest BCUT2D eigenvalue weighted by Gasteiger charge is -2.35. The molecule has 0 unspecified atom stereocenters. The number of hydrogen-bond acceptors (Lipinski definition) is 5. The van der Waals surface area contributed by atoms with E-state index in [1.54, 1.807) is 36.4 Å². The van der Waals surface area contributed by atoms with Gasteiger partial charge in [0.1, 0.15) is 5.69 Å². The van der Waals surface area contributed by atoms with Crippen LogP contribution in [0.25, 0.3) is 6.08 Å². The van der Waals surface area contributed by atoms with Gasteiger partial charge in [-0.05, 0) is 47.9 Å². The van der Waals surface area contributed by atoms with Gasteiger partial charge in [0.15, 0.2) is 0 Å². The van der Waals surface area contributed by atoms with Gasteiger partial charge in [-0.15, -0.1) is 0 Å². The summed E-state index contributed by atoms with van der Waals surface area (Å²) in [6.07, 6.45) is 4.14. The van der Waals surface area contributed by atoms with E-state index in [9.17, 15) is 14.9 Å². The smallest absolute Gasteiger partial charge is 0.292 e. The van der Waals surface area contributed by atoms with Crippen LogP contribution >= 0.6 is 11.6 Å².